The summed E-state index contributed by atoms with van der Waals surface area (Å²) in [6, 6.07) is 2.15. The van der Waals surface area contributed by atoms with Crippen LogP contribution in [0.4, 0.5) is 4.39 Å². The molecular formula is C12H11ClFNO5. The van der Waals surface area contributed by atoms with Crippen molar-refractivity contribution in [2.75, 3.05) is 0 Å². The maximum Gasteiger partial charge on any atom is 0.326 e. The Morgan fingerprint density at radius 3 is 2.50 bits per heavy atom. The minimum Gasteiger partial charge on any atom is -0.481 e. The van der Waals surface area contributed by atoms with Gasteiger partial charge in [0.05, 0.1) is 10.6 Å². The molecule has 108 valence electrons. The van der Waals surface area contributed by atoms with Crippen LogP contribution in [-0.4, -0.2) is 34.1 Å². The number of aliphatic carboxylic acids is 2. The molecule has 0 aliphatic rings. The number of carbonyl (C=O) groups is 3. The van der Waals surface area contributed by atoms with Gasteiger partial charge in [0.1, 0.15) is 11.9 Å². The lowest BCUT2D eigenvalue weighted by Gasteiger charge is -2.14. The van der Waals surface area contributed by atoms with E-state index in [1.165, 1.54) is 12.1 Å². The first kappa shape index (κ1) is 15.9. The topological polar surface area (TPSA) is 104 Å². The minimum absolute atomic E-state index is 0.215. The molecule has 3 N–H and O–H groups in total. The van der Waals surface area contributed by atoms with Gasteiger partial charge in [-0.15, -0.1) is 0 Å². The van der Waals surface area contributed by atoms with E-state index in [9.17, 15) is 18.8 Å². The third-order valence-corrected chi connectivity index (χ3v) is 2.83. The van der Waals surface area contributed by atoms with E-state index in [1.54, 1.807) is 0 Å². The molecule has 0 saturated carbocycles. The van der Waals surface area contributed by atoms with Crippen molar-refractivity contribution in [3.05, 3.63) is 34.6 Å². The van der Waals surface area contributed by atoms with Gasteiger partial charge in [0.15, 0.2) is 0 Å². The molecule has 1 amide bonds. The fourth-order valence-electron chi connectivity index (χ4n) is 1.44. The third kappa shape index (κ3) is 4.20. The van der Waals surface area contributed by atoms with Crippen molar-refractivity contribution in [3.63, 3.8) is 0 Å². The van der Waals surface area contributed by atoms with Crippen molar-refractivity contribution in [3.8, 4) is 0 Å². The Morgan fingerprint density at radius 2 is 1.95 bits per heavy atom. The molecular weight excluding hydrogens is 293 g/mol. The number of rotatable bonds is 6. The van der Waals surface area contributed by atoms with E-state index in [-0.39, 0.29) is 12.0 Å². The second-order valence-electron chi connectivity index (χ2n) is 3.90. The molecule has 0 bridgehead atoms. The summed E-state index contributed by atoms with van der Waals surface area (Å²) in [5, 5.41) is 19.1. The predicted octanol–water partition coefficient (Wildman–Crippen LogP) is 1.53. The lowest BCUT2D eigenvalue weighted by molar-refractivity contribution is -0.140. The molecule has 20 heavy (non-hydrogen) atoms. The highest BCUT2D eigenvalue weighted by Gasteiger charge is 2.23. The maximum atomic E-state index is 13.2. The van der Waals surface area contributed by atoms with Gasteiger partial charge in [-0.05, 0) is 18.6 Å². The summed E-state index contributed by atoms with van der Waals surface area (Å²) in [7, 11) is 0. The molecule has 0 saturated heterocycles. The standard InChI is InChI=1S/C12H11ClFNO5/c13-10-6(2-1-3-7(10)14)11(18)15-8(12(19)20)4-5-9(16)17/h1-3,8H,4-5H2,(H,15,18)(H,16,17)(H,19,20)/t8-/m0/s1. The highest BCUT2D eigenvalue weighted by atomic mass is 35.5. The summed E-state index contributed by atoms with van der Waals surface area (Å²) in [4.78, 5) is 33.1. The summed E-state index contributed by atoms with van der Waals surface area (Å²) in [5.41, 5.74) is -0.215. The Bertz CT molecular complexity index is 549. The van der Waals surface area contributed by atoms with Crippen LogP contribution in [0.15, 0.2) is 18.2 Å². The van der Waals surface area contributed by atoms with E-state index >= 15 is 0 Å². The van der Waals surface area contributed by atoms with Crippen LogP contribution in [0.25, 0.3) is 0 Å². The van der Waals surface area contributed by atoms with Gasteiger partial charge in [-0.3, -0.25) is 9.59 Å². The van der Waals surface area contributed by atoms with E-state index < -0.39 is 41.1 Å². The zero-order chi connectivity index (χ0) is 15.3. The number of halogens is 2. The summed E-state index contributed by atoms with van der Waals surface area (Å²) in [6.45, 7) is 0. The van der Waals surface area contributed by atoms with Gasteiger partial charge in [-0.1, -0.05) is 17.7 Å². The molecule has 0 fully saturated rings. The van der Waals surface area contributed by atoms with E-state index in [2.05, 4.69) is 5.32 Å². The summed E-state index contributed by atoms with van der Waals surface area (Å²) in [5.74, 6) is -4.26. The van der Waals surface area contributed by atoms with E-state index in [0.29, 0.717) is 0 Å². The van der Waals surface area contributed by atoms with Crippen molar-refractivity contribution in [2.24, 2.45) is 0 Å². The number of carboxylic acid groups (broad SMARTS) is 2. The predicted molar refractivity (Wildman–Crippen MR) is 67.2 cm³/mol. The van der Waals surface area contributed by atoms with Crippen molar-refractivity contribution in [1.82, 2.24) is 5.32 Å². The molecule has 0 unspecified atom stereocenters. The monoisotopic (exact) mass is 303 g/mol. The lowest BCUT2D eigenvalue weighted by Crippen LogP contribution is -2.41. The minimum atomic E-state index is -1.39. The summed E-state index contributed by atoms with van der Waals surface area (Å²) >= 11 is 5.60. The van der Waals surface area contributed by atoms with Crippen molar-refractivity contribution in [2.45, 2.75) is 18.9 Å². The first-order chi connectivity index (χ1) is 9.32. The summed E-state index contributed by atoms with van der Waals surface area (Å²) < 4.78 is 13.2. The van der Waals surface area contributed by atoms with Gasteiger partial charge in [0.25, 0.3) is 5.91 Å². The number of nitrogens with one attached hydrogen (secondary N) is 1. The molecule has 0 aromatic heterocycles. The first-order valence-electron chi connectivity index (χ1n) is 5.52. The molecule has 6 nitrogen and oxygen atoms in total. The average Bonchev–Trinajstić information content (AvgIpc) is 2.36. The van der Waals surface area contributed by atoms with Crippen molar-refractivity contribution >= 4 is 29.4 Å². The van der Waals surface area contributed by atoms with Crippen LogP contribution in [0.3, 0.4) is 0 Å². The molecule has 0 aliphatic heterocycles. The average molecular weight is 304 g/mol. The molecule has 0 spiro atoms. The van der Waals surface area contributed by atoms with Crippen LogP contribution in [0, 0.1) is 5.82 Å². The number of carbonyl (C=O) groups excluding carboxylic acids is 1. The van der Waals surface area contributed by atoms with Gasteiger partial charge < -0.3 is 15.5 Å². The highest BCUT2D eigenvalue weighted by Crippen LogP contribution is 2.19. The maximum absolute atomic E-state index is 13.2. The van der Waals surface area contributed by atoms with Crippen LogP contribution >= 0.6 is 11.6 Å². The largest absolute Gasteiger partial charge is 0.481 e. The Hall–Kier alpha value is -2.15. The second-order valence-corrected chi connectivity index (χ2v) is 4.28. The van der Waals surface area contributed by atoms with Crippen LogP contribution < -0.4 is 5.32 Å². The zero-order valence-corrected chi connectivity index (χ0v) is 10.9. The molecule has 1 atom stereocenters. The van der Waals surface area contributed by atoms with Crippen molar-refractivity contribution in [1.29, 1.82) is 0 Å². The van der Waals surface area contributed by atoms with Gasteiger partial charge >= 0.3 is 11.9 Å². The highest BCUT2D eigenvalue weighted by molar-refractivity contribution is 6.34. The Kier molecular flexibility index (Phi) is 5.45. The third-order valence-electron chi connectivity index (χ3n) is 2.45. The van der Waals surface area contributed by atoms with Gasteiger partial charge in [-0.25, -0.2) is 9.18 Å². The lowest BCUT2D eigenvalue weighted by atomic mass is 10.1. The Balaban J connectivity index is 2.83. The van der Waals surface area contributed by atoms with Crippen LogP contribution in [0.5, 0.6) is 0 Å². The van der Waals surface area contributed by atoms with Crippen LogP contribution in [0.1, 0.15) is 23.2 Å². The molecule has 1 aromatic rings. The normalized spacial score (nSPS) is 11.7. The molecule has 1 aromatic carbocycles. The van der Waals surface area contributed by atoms with Gasteiger partial charge in [0, 0.05) is 6.42 Å². The smallest absolute Gasteiger partial charge is 0.326 e. The zero-order valence-electron chi connectivity index (χ0n) is 10.1. The molecule has 1 rings (SSSR count). The Labute approximate surface area is 118 Å². The Morgan fingerprint density at radius 1 is 1.30 bits per heavy atom. The number of amides is 1. The fourth-order valence-corrected chi connectivity index (χ4v) is 1.65. The second kappa shape index (κ2) is 6.85. The van der Waals surface area contributed by atoms with E-state index in [0.717, 1.165) is 6.07 Å². The SMILES string of the molecule is O=C(O)CC[C@H](NC(=O)c1cccc(F)c1Cl)C(=O)O. The molecule has 0 aliphatic carbocycles. The first-order valence-corrected chi connectivity index (χ1v) is 5.90. The van der Waals surface area contributed by atoms with E-state index in [1.807, 2.05) is 0 Å². The van der Waals surface area contributed by atoms with Crippen LogP contribution in [0.2, 0.25) is 5.02 Å². The fraction of sp³-hybridized carbons (Fsp3) is 0.250. The number of hydrogen-bond acceptors (Lipinski definition) is 3. The van der Waals surface area contributed by atoms with Gasteiger partial charge in [0.2, 0.25) is 0 Å². The number of benzene rings is 1. The number of carboxylic acids is 2. The van der Waals surface area contributed by atoms with Crippen LogP contribution in [-0.2, 0) is 9.59 Å². The number of hydrogen-bond donors (Lipinski definition) is 3. The quantitative estimate of drug-likeness (QED) is 0.739. The van der Waals surface area contributed by atoms with Gasteiger partial charge in [-0.2, -0.15) is 0 Å². The molecule has 0 heterocycles. The molecule has 8 heteroatoms. The molecule has 0 radical (unpaired) electrons. The van der Waals surface area contributed by atoms with E-state index in [4.69, 9.17) is 21.8 Å². The summed E-state index contributed by atoms with van der Waals surface area (Å²) in [6.07, 6.45) is -0.711. The van der Waals surface area contributed by atoms with Crippen molar-refractivity contribution < 1.29 is 29.0 Å².